The summed E-state index contributed by atoms with van der Waals surface area (Å²) in [6, 6.07) is 6.85. The number of methoxy groups -OCH3 is 4. The normalized spacial score (nSPS) is 19.9. The molecule has 3 aliphatic rings. The number of sulfone groups is 1. The van der Waals surface area contributed by atoms with Gasteiger partial charge in [0.25, 0.3) is 0 Å². The van der Waals surface area contributed by atoms with Gasteiger partial charge in [0.05, 0.1) is 62.3 Å². The van der Waals surface area contributed by atoms with Crippen molar-refractivity contribution < 1.29 is 51.3 Å². The van der Waals surface area contributed by atoms with Crippen molar-refractivity contribution in [1.82, 2.24) is 40.4 Å². The molecular formula is C40H48N8O11S. The standard InChI is InChI=1S/C40H48N8O11S/c1-21(55-3)33(45-39(51)57-5)37(49)47-15-7-9-27(47)35-41-19-25(43-35)23-12-14-31-30(17-23)59-29-13-11-24(18-32(29)60(31,53)54)26-20-42-36(44-26)28-10-8-16-48(28)38(50)34(22(2)56-4)46-40(52)58-6/h11-14,17-22,27-28,33-34H,7-10,15-16H2,1-6H3,(H,41,43)(H,42,44)(H,45,51)(H,46,52)/t21-,22-,27-,28-,33-,34-/m0/s1. The van der Waals surface area contributed by atoms with Crippen molar-refractivity contribution in [2.45, 2.75) is 85.7 Å². The summed E-state index contributed by atoms with van der Waals surface area (Å²) in [4.78, 5) is 70.5. The molecule has 6 atom stereocenters. The Labute approximate surface area is 346 Å². The van der Waals surface area contributed by atoms with Gasteiger partial charge in [-0.1, -0.05) is 6.07 Å². The number of nitrogens with zero attached hydrogens (tertiary/aromatic N) is 4. The van der Waals surface area contributed by atoms with Crippen molar-refractivity contribution in [2.75, 3.05) is 41.5 Å². The van der Waals surface area contributed by atoms with Gasteiger partial charge in [-0.3, -0.25) is 9.59 Å². The first kappa shape index (κ1) is 42.1. The third kappa shape index (κ3) is 8.01. The molecular weight excluding hydrogens is 801 g/mol. The summed E-state index contributed by atoms with van der Waals surface area (Å²) in [6.07, 6.45) is 3.15. The molecule has 20 heteroatoms. The number of nitrogens with one attached hydrogen (secondary N) is 4. The van der Waals surface area contributed by atoms with Gasteiger partial charge in [-0.25, -0.2) is 28.0 Å². The molecule has 60 heavy (non-hydrogen) atoms. The van der Waals surface area contributed by atoms with Gasteiger partial charge in [-0.15, -0.1) is 0 Å². The fourth-order valence-corrected chi connectivity index (χ4v) is 9.39. The lowest BCUT2D eigenvalue weighted by atomic mass is 10.1. The predicted octanol–water partition coefficient (Wildman–Crippen LogP) is 4.25. The van der Waals surface area contributed by atoms with Crippen LogP contribution in [-0.2, 0) is 38.4 Å². The predicted molar refractivity (Wildman–Crippen MR) is 213 cm³/mol. The topological polar surface area (TPSA) is 236 Å². The highest BCUT2D eigenvalue weighted by atomic mass is 32.2. The molecule has 5 heterocycles. The van der Waals surface area contributed by atoms with E-state index in [2.05, 4.69) is 30.6 Å². The molecule has 0 aliphatic carbocycles. The molecule has 0 bridgehead atoms. The van der Waals surface area contributed by atoms with E-state index < -0.39 is 58.4 Å². The molecule has 3 aliphatic heterocycles. The number of rotatable bonds is 12. The van der Waals surface area contributed by atoms with Crippen LogP contribution in [0, 0.1) is 0 Å². The van der Waals surface area contributed by atoms with Crippen molar-refractivity contribution in [1.29, 1.82) is 0 Å². The van der Waals surface area contributed by atoms with E-state index in [4.69, 9.17) is 23.7 Å². The maximum absolute atomic E-state index is 14.1. The fraction of sp³-hybridized carbons (Fsp3) is 0.450. The Balaban J connectivity index is 1.08. The summed E-state index contributed by atoms with van der Waals surface area (Å²) in [6.45, 7) is 4.27. The molecule has 320 valence electrons. The molecule has 0 radical (unpaired) electrons. The summed E-state index contributed by atoms with van der Waals surface area (Å²) >= 11 is 0. The number of likely N-dealkylation sites (tertiary alicyclic amines) is 2. The van der Waals surface area contributed by atoms with E-state index in [1.54, 1.807) is 60.3 Å². The van der Waals surface area contributed by atoms with Crippen LogP contribution >= 0.6 is 0 Å². The van der Waals surface area contributed by atoms with Gasteiger partial charge in [0.2, 0.25) is 21.7 Å². The number of imidazole rings is 2. The van der Waals surface area contributed by atoms with Gasteiger partial charge in [0, 0.05) is 38.4 Å². The van der Waals surface area contributed by atoms with E-state index in [0.29, 0.717) is 66.5 Å². The maximum atomic E-state index is 14.1. The smallest absolute Gasteiger partial charge is 0.407 e. The van der Waals surface area contributed by atoms with Crippen LogP contribution in [0.3, 0.4) is 0 Å². The van der Waals surface area contributed by atoms with Crippen LogP contribution in [-0.4, -0.2) is 128 Å². The largest absolute Gasteiger partial charge is 0.455 e. The second kappa shape index (κ2) is 17.3. The number of carbonyl (C=O) groups is 4. The third-order valence-electron chi connectivity index (χ3n) is 11.3. The second-order valence-electron chi connectivity index (χ2n) is 14.8. The number of carbonyl (C=O) groups excluding carboxylic acids is 4. The summed E-state index contributed by atoms with van der Waals surface area (Å²) in [5.41, 5.74) is 2.29. The van der Waals surface area contributed by atoms with Gasteiger partial charge >= 0.3 is 12.2 Å². The molecule has 19 nitrogen and oxygen atoms in total. The Hall–Kier alpha value is -5.99. The molecule has 2 aromatic carbocycles. The first-order chi connectivity index (χ1) is 28.8. The average molecular weight is 849 g/mol. The van der Waals surface area contributed by atoms with Crippen molar-refractivity contribution in [3.63, 3.8) is 0 Å². The van der Waals surface area contributed by atoms with Crippen LogP contribution in [0.4, 0.5) is 9.59 Å². The Morgan fingerprint density at radius 2 is 1.20 bits per heavy atom. The minimum atomic E-state index is -4.03. The summed E-state index contributed by atoms with van der Waals surface area (Å²) in [5, 5.41) is 5.15. The number of H-pyrrole nitrogens is 2. The SMILES string of the molecule is COC(=O)N[C@H](C(=O)N1CCC[C@H]1c1ncc(-c2ccc3c(c2)Oc2ccc(-c4cnc([C@@H]5CCCN5C(=O)[C@@H](NC(=O)OC)[C@H](C)OC)[nH]4)cc2S3(=O)=O)[nH]1)[C@H](C)OC. The van der Waals surface area contributed by atoms with Gasteiger partial charge in [0.1, 0.15) is 45.0 Å². The Morgan fingerprint density at radius 1 is 0.717 bits per heavy atom. The van der Waals surface area contributed by atoms with Crippen LogP contribution in [0.15, 0.2) is 58.6 Å². The van der Waals surface area contributed by atoms with Crippen molar-refractivity contribution in [3.05, 3.63) is 60.4 Å². The maximum Gasteiger partial charge on any atom is 0.407 e. The van der Waals surface area contributed by atoms with Crippen molar-refractivity contribution >= 4 is 33.8 Å². The van der Waals surface area contributed by atoms with E-state index in [-0.39, 0.29) is 33.1 Å². The molecule has 4 aromatic rings. The van der Waals surface area contributed by atoms with Crippen LogP contribution in [0.2, 0.25) is 0 Å². The van der Waals surface area contributed by atoms with E-state index in [1.807, 2.05) is 0 Å². The zero-order valence-electron chi connectivity index (χ0n) is 34.0. The number of aromatic amines is 2. The molecule has 0 unspecified atom stereocenters. The molecule has 4 amide bonds. The third-order valence-corrected chi connectivity index (χ3v) is 13.1. The van der Waals surface area contributed by atoms with Crippen LogP contribution in [0.5, 0.6) is 11.5 Å². The zero-order valence-corrected chi connectivity index (χ0v) is 34.8. The van der Waals surface area contributed by atoms with Crippen molar-refractivity contribution in [2.24, 2.45) is 0 Å². The molecule has 0 saturated carbocycles. The molecule has 7 rings (SSSR count). The van der Waals surface area contributed by atoms with Crippen molar-refractivity contribution in [3.8, 4) is 34.0 Å². The quantitative estimate of drug-likeness (QED) is 0.138. The monoisotopic (exact) mass is 848 g/mol. The molecule has 4 N–H and O–H groups in total. The van der Waals surface area contributed by atoms with E-state index in [1.165, 1.54) is 40.6 Å². The van der Waals surface area contributed by atoms with Gasteiger partial charge in [-0.05, 0) is 69.9 Å². The number of aromatic nitrogens is 4. The Kier molecular flexibility index (Phi) is 12.2. The number of fused-ring (bicyclic) bond motifs is 2. The van der Waals surface area contributed by atoms with Gasteiger partial charge in [-0.2, -0.15) is 0 Å². The number of alkyl carbamates (subject to hydrolysis) is 2. The molecule has 0 spiro atoms. The van der Waals surface area contributed by atoms with Crippen LogP contribution < -0.4 is 15.4 Å². The first-order valence-electron chi connectivity index (χ1n) is 19.5. The molecule has 2 fully saturated rings. The highest BCUT2D eigenvalue weighted by Crippen LogP contribution is 2.45. The number of benzene rings is 2. The van der Waals surface area contributed by atoms with E-state index in [9.17, 15) is 27.6 Å². The number of hydrogen-bond acceptors (Lipinski definition) is 13. The summed E-state index contributed by atoms with van der Waals surface area (Å²) < 4.78 is 54.6. The molecule has 2 aromatic heterocycles. The lowest BCUT2D eigenvalue weighted by Gasteiger charge is -2.30. The highest BCUT2D eigenvalue weighted by molar-refractivity contribution is 7.91. The van der Waals surface area contributed by atoms with Gasteiger partial charge < -0.3 is 54.1 Å². The average Bonchev–Trinajstić information content (AvgIpc) is 4.10. The minimum Gasteiger partial charge on any atom is -0.455 e. The highest BCUT2D eigenvalue weighted by Gasteiger charge is 2.41. The van der Waals surface area contributed by atoms with E-state index in [0.717, 1.165) is 6.42 Å². The number of hydrogen-bond donors (Lipinski definition) is 4. The zero-order chi connectivity index (χ0) is 42.9. The van der Waals surface area contributed by atoms with E-state index >= 15 is 0 Å². The fourth-order valence-electron chi connectivity index (χ4n) is 7.88. The Bertz CT molecular complexity index is 2380. The van der Waals surface area contributed by atoms with Crippen LogP contribution in [0.1, 0.15) is 63.3 Å². The first-order valence-corrected chi connectivity index (χ1v) is 20.9. The lowest BCUT2D eigenvalue weighted by molar-refractivity contribution is -0.138. The minimum absolute atomic E-state index is 0.00886. The van der Waals surface area contributed by atoms with Crippen LogP contribution in [0.25, 0.3) is 22.5 Å². The summed E-state index contributed by atoms with van der Waals surface area (Å²) in [5.74, 6) is 0.676. The number of amides is 4. The number of ether oxygens (including phenoxy) is 5. The van der Waals surface area contributed by atoms with Gasteiger partial charge in [0.15, 0.2) is 0 Å². The lowest BCUT2D eigenvalue weighted by Crippen LogP contribution is -2.54. The molecule has 2 saturated heterocycles. The second-order valence-corrected chi connectivity index (χ2v) is 16.7. The Morgan fingerprint density at radius 3 is 1.68 bits per heavy atom. The summed E-state index contributed by atoms with van der Waals surface area (Å²) in [7, 11) is 1.32.